The van der Waals surface area contributed by atoms with E-state index in [0.717, 1.165) is 36.6 Å². The molecule has 1 aromatic heterocycles. The Morgan fingerprint density at radius 2 is 1.90 bits per heavy atom. The van der Waals surface area contributed by atoms with E-state index in [1.54, 1.807) is 7.05 Å². The Hall–Kier alpha value is -3.28. The van der Waals surface area contributed by atoms with Crippen LogP contribution < -0.4 is 16.0 Å². The Morgan fingerprint density at radius 3 is 2.63 bits per heavy atom. The lowest BCUT2D eigenvalue weighted by Gasteiger charge is -2.12. The van der Waals surface area contributed by atoms with Crippen molar-refractivity contribution in [1.29, 1.82) is 0 Å². The molecule has 3 rings (SSSR count). The van der Waals surface area contributed by atoms with Crippen LogP contribution in [0.5, 0.6) is 0 Å². The maximum absolute atomic E-state index is 11.7. The summed E-state index contributed by atoms with van der Waals surface area (Å²) in [6.07, 6.45) is 4.39. The van der Waals surface area contributed by atoms with Gasteiger partial charge in [-0.15, -0.1) is 0 Å². The topological polar surface area (TPSA) is 81.3 Å². The Bertz CT molecular complexity index is 1000. The minimum atomic E-state index is 0.0540. The summed E-state index contributed by atoms with van der Waals surface area (Å²) >= 11 is 0. The maximum Gasteiger partial charge on any atom is 0.224 e. The standard InChI is InChI=1S/C24H31N5O/c1-4-5-23(30)29-20-9-7-18(8-10-20)15-28-24(25-3)26-13-12-19-16-27-22-14-17(2)6-11-21(19)22/h6-11,14,16,27H,4-5,12-13,15H2,1-3H3,(H,29,30)(H2,25,26,28). The normalized spacial score (nSPS) is 11.5. The van der Waals surface area contributed by atoms with E-state index in [0.29, 0.717) is 13.0 Å². The van der Waals surface area contributed by atoms with Gasteiger partial charge in [0.05, 0.1) is 0 Å². The van der Waals surface area contributed by atoms with Gasteiger partial charge >= 0.3 is 0 Å². The van der Waals surface area contributed by atoms with Gasteiger partial charge in [0.25, 0.3) is 0 Å². The molecule has 0 bridgehead atoms. The number of fused-ring (bicyclic) bond motifs is 1. The third-order valence-electron chi connectivity index (χ3n) is 5.01. The first-order chi connectivity index (χ1) is 14.6. The van der Waals surface area contributed by atoms with Crippen molar-refractivity contribution in [3.8, 4) is 0 Å². The number of anilines is 1. The summed E-state index contributed by atoms with van der Waals surface area (Å²) in [6.45, 7) is 5.56. The average molecular weight is 406 g/mol. The molecule has 0 unspecified atom stereocenters. The van der Waals surface area contributed by atoms with Crippen molar-refractivity contribution in [2.75, 3.05) is 18.9 Å². The Kier molecular flexibility index (Phi) is 7.49. The molecule has 0 saturated heterocycles. The second-order valence-electron chi connectivity index (χ2n) is 7.46. The second kappa shape index (κ2) is 10.5. The van der Waals surface area contributed by atoms with E-state index in [4.69, 9.17) is 0 Å². The predicted molar refractivity (Wildman–Crippen MR) is 125 cm³/mol. The first kappa shape index (κ1) is 21.4. The molecule has 0 aliphatic heterocycles. The average Bonchev–Trinajstić information content (AvgIpc) is 3.13. The minimum absolute atomic E-state index is 0.0540. The number of carbonyl (C=O) groups is 1. The number of nitrogens with zero attached hydrogens (tertiary/aromatic N) is 1. The zero-order valence-corrected chi connectivity index (χ0v) is 18.0. The Morgan fingerprint density at radius 1 is 1.10 bits per heavy atom. The molecule has 2 aromatic carbocycles. The fourth-order valence-corrected chi connectivity index (χ4v) is 3.39. The molecule has 0 aliphatic rings. The maximum atomic E-state index is 11.7. The van der Waals surface area contributed by atoms with Crippen molar-refractivity contribution in [2.45, 2.75) is 39.7 Å². The van der Waals surface area contributed by atoms with E-state index in [1.807, 2.05) is 31.2 Å². The van der Waals surface area contributed by atoms with Gasteiger partial charge in [0.2, 0.25) is 5.91 Å². The van der Waals surface area contributed by atoms with Crippen LogP contribution in [-0.4, -0.2) is 30.4 Å². The predicted octanol–water partition coefficient (Wildman–Crippen LogP) is 4.12. The largest absolute Gasteiger partial charge is 0.361 e. The second-order valence-corrected chi connectivity index (χ2v) is 7.46. The van der Waals surface area contributed by atoms with E-state index < -0.39 is 0 Å². The molecule has 1 heterocycles. The highest BCUT2D eigenvalue weighted by molar-refractivity contribution is 5.90. The number of nitrogens with one attached hydrogen (secondary N) is 4. The van der Waals surface area contributed by atoms with E-state index in [1.165, 1.54) is 22.0 Å². The summed E-state index contributed by atoms with van der Waals surface area (Å²) in [4.78, 5) is 19.3. The van der Waals surface area contributed by atoms with Crippen molar-refractivity contribution in [1.82, 2.24) is 15.6 Å². The van der Waals surface area contributed by atoms with Crippen molar-refractivity contribution in [3.05, 3.63) is 65.4 Å². The number of aromatic nitrogens is 1. The number of aliphatic imine (C=N–C) groups is 1. The van der Waals surface area contributed by atoms with Gasteiger partial charge in [-0.25, -0.2) is 0 Å². The lowest BCUT2D eigenvalue weighted by molar-refractivity contribution is -0.116. The van der Waals surface area contributed by atoms with Crippen LogP contribution in [0.25, 0.3) is 10.9 Å². The smallest absolute Gasteiger partial charge is 0.224 e. The number of amides is 1. The monoisotopic (exact) mass is 405 g/mol. The van der Waals surface area contributed by atoms with Gasteiger partial charge < -0.3 is 20.9 Å². The fraction of sp³-hybridized carbons (Fsp3) is 0.333. The van der Waals surface area contributed by atoms with E-state index in [9.17, 15) is 4.79 Å². The van der Waals surface area contributed by atoms with Gasteiger partial charge in [-0.1, -0.05) is 31.2 Å². The molecular weight excluding hydrogens is 374 g/mol. The molecule has 6 heteroatoms. The first-order valence-corrected chi connectivity index (χ1v) is 10.5. The summed E-state index contributed by atoms with van der Waals surface area (Å²) in [7, 11) is 1.77. The lowest BCUT2D eigenvalue weighted by Crippen LogP contribution is -2.37. The Labute approximate surface area is 178 Å². The summed E-state index contributed by atoms with van der Waals surface area (Å²) in [6, 6.07) is 14.4. The van der Waals surface area contributed by atoms with Gasteiger partial charge in [-0.05, 0) is 54.7 Å². The number of rotatable bonds is 8. The van der Waals surface area contributed by atoms with Crippen LogP contribution >= 0.6 is 0 Å². The molecule has 158 valence electrons. The molecule has 0 saturated carbocycles. The summed E-state index contributed by atoms with van der Waals surface area (Å²) in [5, 5.41) is 10.9. The number of aryl methyl sites for hydroxylation is 1. The van der Waals surface area contributed by atoms with Crippen molar-refractivity contribution < 1.29 is 4.79 Å². The van der Waals surface area contributed by atoms with Crippen LogP contribution in [0.4, 0.5) is 5.69 Å². The molecule has 0 radical (unpaired) electrons. The number of H-pyrrole nitrogens is 1. The minimum Gasteiger partial charge on any atom is -0.361 e. The molecule has 30 heavy (non-hydrogen) atoms. The zero-order valence-electron chi connectivity index (χ0n) is 18.0. The van der Waals surface area contributed by atoms with Gasteiger partial charge in [0, 0.05) is 49.3 Å². The summed E-state index contributed by atoms with van der Waals surface area (Å²) < 4.78 is 0. The molecular formula is C24H31N5O. The molecule has 1 amide bonds. The van der Waals surface area contributed by atoms with E-state index in [2.05, 4.69) is 57.2 Å². The number of guanidine groups is 1. The molecule has 6 nitrogen and oxygen atoms in total. The van der Waals surface area contributed by atoms with Crippen LogP contribution in [-0.2, 0) is 17.8 Å². The summed E-state index contributed by atoms with van der Waals surface area (Å²) in [5.74, 6) is 0.823. The molecule has 0 aliphatic carbocycles. The Balaban J connectivity index is 1.46. The lowest BCUT2D eigenvalue weighted by atomic mass is 10.1. The van der Waals surface area contributed by atoms with Gasteiger partial charge in [0.15, 0.2) is 5.96 Å². The highest BCUT2D eigenvalue weighted by Crippen LogP contribution is 2.19. The van der Waals surface area contributed by atoms with Crippen molar-refractivity contribution >= 4 is 28.5 Å². The molecule has 0 fully saturated rings. The first-order valence-electron chi connectivity index (χ1n) is 10.5. The molecule has 4 N–H and O–H groups in total. The van der Waals surface area contributed by atoms with Crippen LogP contribution in [0.1, 0.15) is 36.5 Å². The fourth-order valence-electron chi connectivity index (χ4n) is 3.39. The van der Waals surface area contributed by atoms with E-state index >= 15 is 0 Å². The highest BCUT2D eigenvalue weighted by Gasteiger charge is 2.05. The highest BCUT2D eigenvalue weighted by atomic mass is 16.1. The summed E-state index contributed by atoms with van der Waals surface area (Å²) in [5.41, 5.74) is 5.69. The van der Waals surface area contributed by atoms with Crippen LogP contribution in [0.15, 0.2) is 53.7 Å². The van der Waals surface area contributed by atoms with Crippen LogP contribution in [0.2, 0.25) is 0 Å². The molecule has 0 spiro atoms. The van der Waals surface area contributed by atoms with Gasteiger partial charge in [-0.2, -0.15) is 0 Å². The number of benzene rings is 2. The molecule has 0 atom stereocenters. The SMILES string of the molecule is CCCC(=O)Nc1ccc(CNC(=NC)NCCc2c[nH]c3cc(C)ccc23)cc1. The number of hydrogen-bond acceptors (Lipinski definition) is 2. The number of hydrogen-bond donors (Lipinski definition) is 4. The third kappa shape index (κ3) is 5.86. The van der Waals surface area contributed by atoms with Gasteiger partial charge in [0.1, 0.15) is 0 Å². The van der Waals surface area contributed by atoms with Crippen molar-refractivity contribution in [3.63, 3.8) is 0 Å². The van der Waals surface area contributed by atoms with Gasteiger partial charge in [-0.3, -0.25) is 9.79 Å². The van der Waals surface area contributed by atoms with Crippen LogP contribution in [0.3, 0.4) is 0 Å². The van der Waals surface area contributed by atoms with Crippen LogP contribution in [0, 0.1) is 6.92 Å². The number of carbonyl (C=O) groups excluding carboxylic acids is 1. The quantitative estimate of drug-likeness (QED) is 0.336. The number of aromatic amines is 1. The third-order valence-corrected chi connectivity index (χ3v) is 5.01. The zero-order chi connectivity index (χ0) is 21.3. The van der Waals surface area contributed by atoms with E-state index in [-0.39, 0.29) is 5.91 Å². The molecule has 3 aromatic rings. The van der Waals surface area contributed by atoms with Crippen molar-refractivity contribution in [2.24, 2.45) is 4.99 Å².